The minimum atomic E-state index is -0.728. The molecule has 0 N–H and O–H groups in total. The van der Waals surface area contributed by atoms with Crippen LogP contribution < -0.4 is 0 Å². The van der Waals surface area contributed by atoms with Crippen LogP contribution in [-0.2, 0) is 33.2 Å². The zero-order valence-corrected chi connectivity index (χ0v) is 32.3. The second kappa shape index (κ2) is 16.0. The van der Waals surface area contributed by atoms with Gasteiger partial charge in [-0.1, -0.05) is 69.2 Å². The van der Waals surface area contributed by atoms with Crippen LogP contribution in [0, 0.1) is 40.4 Å². The van der Waals surface area contributed by atoms with Crippen molar-refractivity contribution in [3.63, 3.8) is 0 Å². The van der Waals surface area contributed by atoms with Gasteiger partial charge in [0.05, 0.1) is 14.2 Å². The lowest BCUT2D eigenvalue weighted by atomic mass is 9.49. The van der Waals surface area contributed by atoms with Gasteiger partial charge in [-0.05, 0) is 99.4 Å². The van der Waals surface area contributed by atoms with E-state index < -0.39 is 35.5 Å². The smallest absolute Gasteiger partial charge is 0.472 e. The van der Waals surface area contributed by atoms with Crippen LogP contribution in [0.15, 0.2) is 23.3 Å². The molecule has 9 nitrogen and oxygen atoms in total. The molecule has 0 spiro atoms. The summed E-state index contributed by atoms with van der Waals surface area (Å²) >= 11 is 6.97. The number of hydrogen-bond donors (Lipinski definition) is 0. The minimum Gasteiger partial charge on any atom is -0.472 e. The number of carbonyl (C=O) groups is 2. The summed E-state index contributed by atoms with van der Waals surface area (Å²) < 4.78 is 39.6. The quantitative estimate of drug-likeness (QED) is 0.110. The molecule has 4 rings (SSSR count). The van der Waals surface area contributed by atoms with Crippen molar-refractivity contribution >= 4 is 40.7 Å². The Hall–Kier alpha value is -1.82. The first-order valence-corrected chi connectivity index (χ1v) is 19.1. The second-order valence-corrected chi connectivity index (χ2v) is 16.6. The van der Waals surface area contributed by atoms with Crippen molar-refractivity contribution in [2.24, 2.45) is 40.4 Å². The fourth-order valence-corrected chi connectivity index (χ4v) is 10.1. The lowest BCUT2D eigenvalue weighted by molar-refractivity contribution is -0.160. The number of thioether (sulfide) groups is 1. The van der Waals surface area contributed by atoms with E-state index in [1.165, 1.54) is 38.0 Å². The van der Waals surface area contributed by atoms with Crippen molar-refractivity contribution in [1.82, 2.24) is 0 Å². The Morgan fingerprint density at radius 3 is 2.35 bits per heavy atom. The summed E-state index contributed by atoms with van der Waals surface area (Å²) in [6.45, 7) is 13.8. The van der Waals surface area contributed by atoms with Crippen LogP contribution >= 0.6 is 24.0 Å². The number of fused-ring (bicyclic) bond motifs is 5. The van der Waals surface area contributed by atoms with E-state index in [4.69, 9.17) is 45.4 Å². The van der Waals surface area contributed by atoms with Gasteiger partial charge in [-0.15, -0.1) is 0 Å². The molecule has 0 aromatic heterocycles. The molecule has 272 valence electrons. The van der Waals surface area contributed by atoms with Gasteiger partial charge in [-0.25, -0.2) is 9.59 Å². The first-order chi connectivity index (χ1) is 22.7. The van der Waals surface area contributed by atoms with Gasteiger partial charge in [-0.2, -0.15) is 0 Å². The number of ether oxygens (including phenoxy) is 7. The monoisotopic (exact) mass is 710 g/mol. The van der Waals surface area contributed by atoms with Crippen molar-refractivity contribution < 1.29 is 42.7 Å². The van der Waals surface area contributed by atoms with Gasteiger partial charge in [0.1, 0.15) is 30.7 Å². The first-order valence-electron chi connectivity index (χ1n) is 17.5. The van der Waals surface area contributed by atoms with Crippen molar-refractivity contribution in [2.45, 2.75) is 117 Å². The zero-order chi connectivity index (χ0) is 35.4. The molecule has 0 bridgehead atoms. The summed E-state index contributed by atoms with van der Waals surface area (Å²) in [5.74, 6) is 2.12. The van der Waals surface area contributed by atoms with E-state index in [1.54, 1.807) is 7.11 Å². The van der Waals surface area contributed by atoms with Crippen molar-refractivity contribution in [3.05, 3.63) is 23.3 Å². The molecule has 48 heavy (non-hydrogen) atoms. The molecule has 0 heterocycles. The molecule has 2 unspecified atom stereocenters. The SMILES string of the molecule is CC[C@H](CC(OC(=S)SC)C(C)(C)OCOC)[C@H](C)[C@H]1CC[C@H]2C3=CC=C4C[C@@H](OC(=O)OC)C[C@H](OC(=O)OC)[C@]4(C)C3CC[C@]12C. The Balaban J connectivity index is 1.60. The van der Waals surface area contributed by atoms with Crippen molar-refractivity contribution in [2.75, 3.05) is 34.4 Å². The summed E-state index contributed by atoms with van der Waals surface area (Å²) in [4.78, 5) is 24.5. The Labute approximate surface area is 297 Å². The largest absolute Gasteiger partial charge is 0.508 e. The van der Waals surface area contributed by atoms with E-state index in [2.05, 4.69) is 53.7 Å². The van der Waals surface area contributed by atoms with Crippen LogP contribution in [0.1, 0.15) is 92.9 Å². The maximum Gasteiger partial charge on any atom is 0.508 e. The van der Waals surface area contributed by atoms with Gasteiger partial charge >= 0.3 is 12.3 Å². The van der Waals surface area contributed by atoms with E-state index in [0.29, 0.717) is 40.9 Å². The first kappa shape index (κ1) is 39.0. The molecular formula is C37H58O9S2. The number of allylic oxidation sites excluding steroid dienone is 3. The molecule has 0 aliphatic heterocycles. The number of carbonyl (C=O) groups excluding carboxylic acids is 2. The number of hydrogen-bond acceptors (Lipinski definition) is 11. The van der Waals surface area contributed by atoms with Gasteiger partial charge in [0.15, 0.2) is 0 Å². The Morgan fingerprint density at radius 1 is 1.04 bits per heavy atom. The summed E-state index contributed by atoms with van der Waals surface area (Å²) in [7, 11) is 4.26. The van der Waals surface area contributed by atoms with Gasteiger partial charge < -0.3 is 33.2 Å². The summed E-state index contributed by atoms with van der Waals surface area (Å²) in [6, 6.07) is 0. The fraction of sp³-hybridized carbons (Fsp3) is 0.811. The number of rotatable bonds is 12. The molecule has 3 saturated carbocycles. The molecule has 4 aliphatic rings. The van der Waals surface area contributed by atoms with Crippen LogP contribution in [0.3, 0.4) is 0 Å². The molecule has 10 atom stereocenters. The van der Waals surface area contributed by atoms with Crippen molar-refractivity contribution in [1.29, 1.82) is 0 Å². The van der Waals surface area contributed by atoms with Crippen LogP contribution in [0.2, 0.25) is 0 Å². The third kappa shape index (κ3) is 7.74. The molecule has 11 heteroatoms. The molecule has 0 radical (unpaired) electrons. The topological polar surface area (TPSA) is 98.8 Å². The molecular weight excluding hydrogens is 653 g/mol. The summed E-state index contributed by atoms with van der Waals surface area (Å²) in [5.41, 5.74) is 1.78. The highest BCUT2D eigenvalue weighted by Gasteiger charge is 2.60. The highest BCUT2D eigenvalue weighted by Crippen LogP contribution is 2.67. The fourth-order valence-electron chi connectivity index (χ4n) is 9.82. The zero-order valence-electron chi connectivity index (χ0n) is 30.6. The van der Waals surface area contributed by atoms with Crippen LogP contribution in [0.4, 0.5) is 9.59 Å². The average molecular weight is 711 g/mol. The molecule has 4 aliphatic carbocycles. The third-order valence-corrected chi connectivity index (χ3v) is 13.7. The minimum absolute atomic E-state index is 0.147. The highest BCUT2D eigenvalue weighted by molar-refractivity contribution is 8.22. The maximum absolute atomic E-state index is 12.5. The Bertz CT molecular complexity index is 1230. The predicted octanol–water partition coefficient (Wildman–Crippen LogP) is 8.88. The van der Waals surface area contributed by atoms with Crippen LogP contribution in [0.25, 0.3) is 0 Å². The maximum atomic E-state index is 12.5. The van der Waals surface area contributed by atoms with Gasteiger partial charge in [0, 0.05) is 25.4 Å². The third-order valence-electron chi connectivity index (χ3n) is 12.7. The lowest BCUT2D eigenvalue weighted by Gasteiger charge is -2.57. The van der Waals surface area contributed by atoms with Crippen LogP contribution in [0.5, 0.6) is 0 Å². The normalized spacial score (nSPS) is 33.0. The number of methoxy groups -OCH3 is 3. The molecule has 0 saturated heterocycles. The second-order valence-electron chi connectivity index (χ2n) is 15.1. The van der Waals surface area contributed by atoms with Crippen molar-refractivity contribution in [3.8, 4) is 0 Å². The van der Waals surface area contributed by atoms with Gasteiger partial charge in [0.2, 0.25) is 4.38 Å². The molecule has 0 aromatic rings. The Kier molecular flexibility index (Phi) is 13.0. The summed E-state index contributed by atoms with van der Waals surface area (Å²) in [6.07, 6.45) is 11.2. The van der Waals surface area contributed by atoms with Crippen LogP contribution in [-0.4, -0.2) is 75.0 Å². The van der Waals surface area contributed by atoms with E-state index >= 15 is 0 Å². The lowest BCUT2D eigenvalue weighted by Crippen LogP contribution is -2.54. The van der Waals surface area contributed by atoms with E-state index in [-0.39, 0.29) is 24.2 Å². The van der Waals surface area contributed by atoms with E-state index in [0.717, 1.165) is 37.7 Å². The van der Waals surface area contributed by atoms with E-state index in [9.17, 15) is 9.59 Å². The molecule has 0 amide bonds. The standard InChI is InChI=1S/C37H58O9S2/c1-11-23(18-30(46-34(47)48-10)35(3,4)43-21-40-7)22(2)27-14-15-28-26-13-12-24-19-25(44-32(38)41-8)20-31(45-33(39)42-9)37(24,6)29(26)16-17-36(27,28)5/h12-13,22-23,25,27-31H,11,14-21H2,1-10H3/t22-,23+,25+,27+,28-,29?,30?,31-,36+,37-/m0/s1. The number of thiocarbonyl (C=S) groups is 1. The Morgan fingerprint density at radius 2 is 1.73 bits per heavy atom. The molecule has 3 fully saturated rings. The van der Waals surface area contributed by atoms with E-state index in [1.807, 2.05) is 6.26 Å². The average Bonchev–Trinajstić information content (AvgIpc) is 3.42. The molecule has 0 aromatic carbocycles. The summed E-state index contributed by atoms with van der Waals surface area (Å²) in [5, 5.41) is 0. The van der Waals surface area contributed by atoms with Gasteiger partial charge in [-0.3, -0.25) is 0 Å². The highest BCUT2D eigenvalue weighted by atomic mass is 32.2. The predicted molar refractivity (Wildman–Crippen MR) is 191 cm³/mol. The van der Waals surface area contributed by atoms with Gasteiger partial charge in [0.25, 0.3) is 0 Å².